The molecule has 0 unspecified atom stereocenters. The largest absolute Gasteiger partial charge is 0.365 e. The second-order valence-electron chi connectivity index (χ2n) is 5.61. The van der Waals surface area contributed by atoms with Crippen LogP contribution >= 0.6 is 0 Å². The molecule has 1 amide bonds. The fourth-order valence-electron chi connectivity index (χ4n) is 2.30. The molecule has 0 saturated heterocycles. The Balaban J connectivity index is 1.58. The molecule has 126 valence electrons. The standard InChI is InChI=1S/C19H17FN4O/c1-13-3-2-4-14(11-13)12-21-17-9-10-18(24-23-17)22-19(25)15-5-7-16(20)8-6-15/h2-11H,12H2,1H3,(H,21,23)(H,22,24,25). The zero-order chi connectivity index (χ0) is 17.6. The van der Waals surface area contributed by atoms with Crippen molar-refractivity contribution in [2.24, 2.45) is 0 Å². The van der Waals surface area contributed by atoms with Crippen LogP contribution in [0.2, 0.25) is 0 Å². The first-order valence-corrected chi connectivity index (χ1v) is 7.80. The predicted octanol–water partition coefficient (Wildman–Crippen LogP) is 3.79. The molecule has 0 radical (unpaired) electrons. The third kappa shape index (κ3) is 4.60. The molecule has 0 saturated carbocycles. The first-order chi connectivity index (χ1) is 12.1. The van der Waals surface area contributed by atoms with Crippen molar-refractivity contribution < 1.29 is 9.18 Å². The van der Waals surface area contributed by atoms with Gasteiger partial charge in [0.25, 0.3) is 5.91 Å². The lowest BCUT2D eigenvalue weighted by molar-refractivity contribution is 0.102. The molecule has 0 bridgehead atoms. The van der Waals surface area contributed by atoms with Crippen LogP contribution in [0.15, 0.2) is 60.7 Å². The number of nitrogens with one attached hydrogen (secondary N) is 2. The van der Waals surface area contributed by atoms with Crippen LogP contribution in [0.3, 0.4) is 0 Å². The lowest BCUT2D eigenvalue weighted by atomic mass is 10.1. The van der Waals surface area contributed by atoms with Crippen LogP contribution in [0.25, 0.3) is 0 Å². The molecule has 0 atom stereocenters. The molecule has 1 heterocycles. The number of hydrogen-bond acceptors (Lipinski definition) is 4. The summed E-state index contributed by atoms with van der Waals surface area (Å²) in [5.74, 6) is 0.187. The molecule has 3 aromatic rings. The molecule has 6 heteroatoms. The number of halogens is 1. The van der Waals surface area contributed by atoms with Gasteiger partial charge in [-0.05, 0) is 48.9 Å². The number of carbonyl (C=O) groups is 1. The van der Waals surface area contributed by atoms with Gasteiger partial charge in [0.05, 0.1) is 0 Å². The monoisotopic (exact) mass is 336 g/mol. The van der Waals surface area contributed by atoms with Crippen molar-refractivity contribution in [3.8, 4) is 0 Å². The van der Waals surface area contributed by atoms with E-state index in [1.807, 2.05) is 25.1 Å². The minimum absolute atomic E-state index is 0.329. The van der Waals surface area contributed by atoms with Crippen LogP contribution in [0, 0.1) is 12.7 Å². The first kappa shape index (κ1) is 16.6. The van der Waals surface area contributed by atoms with Crippen LogP contribution in [0.1, 0.15) is 21.5 Å². The number of aromatic nitrogens is 2. The van der Waals surface area contributed by atoms with Gasteiger partial charge in [-0.2, -0.15) is 0 Å². The lowest BCUT2D eigenvalue weighted by Gasteiger charge is -2.07. The van der Waals surface area contributed by atoms with Gasteiger partial charge in [-0.25, -0.2) is 4.39 Å². The highest BCUT2D eigenvalue weighted by Gasteiger charge is 2.07. The van der Waals surface area contributed by atoms with Crippen molar-refractivity contribution >= 4 is 17.5 Å². The number of hydrogen-bond donors (Lipinski definition) is 2. The average molecular weight is 336 g/mol. The molecule has 1 aromatic heterocycles. The van der Waals surface area contributed by atoms with Crippen molar-refractivity contribution in [2.45, 2.75) is 13.5 Å². The molecule has 0 aliphatic heterocycles. The molecule has 2 aromatic carbocycles. The summed E-state index contributed by atoms with van der Waals surface area (Å²) in [5.41, 5.74) is 2.70. The molecule has 3 rings (SSSR count). The number of carbonyl (C=O) groups excluding carboxylic acids is 1. The van der Waals surface area contributed by atoms with Crippen LogP contribution in [0.5, 0.6) is 0 Å². The summed E-state index contributed by atoms with van der Waals surface area (Å²) < 4.78 is 12.9. The van der Waals surface area contributed by atoms with Crippen molar-refractivity contribution in [3.63, 3.8) is 0 Å². The maximum atomic E-state index is 12.9. The number of rotatable bonds is 5. The third-order valence-corrected chi connectivity index (χ3v) is 3.57. The van der Waals surface area contributed by atoms with Crippen molar-refractivity contribution in [1.29, 1.82) is 0 Å². The van der Waals surface area contributed by atoms with Crippen molar-refractivity contribution in [3.05, 3.63) is 83.2 Å². The lowest BCUT2D eigenvalue weighted by Crippen LogP contribution is -2.13. The summed E-state index contributed by atoms with van der Waals surface area (Å²) >= 11 is 0. The van der Waals surface area contributed by atoms with E-state index in [1.54, 1.807) is 12.1 Å². The van der Waals surface area contributed by atoms with Gasteiger partial charge in [-0.15, -0.1) is 10.2 Å². The fraction of sp³-hybridized carbons (Fsp3) is 0.105. The van der Waals surface area contributed by atoms with E-state index in [2.05, 4.69) is 26.9 Å². The van der Waals surface area contributed by atoms with E-state index < -0.39 is 0 Å². The Labute approximate surface area is 144 Å². The maximum Gasteiger partial charge on any atom is 0.256 e. The van der Waals surface area contributed by atoms with Crippen LogP contribution in [0.4, 0.5) is 16.0 Å². The van der Waals surface area contributed by atoms with Crippen LogP contribution in [-0.2, 0) is 6.54 Å². The Hall–Kier alpha value is -3.28. The molecule has 2 N–H and O–H groups in total. The van der Waals surface area contributed by atoms with Crippen LogP contribution < -0.4 is 10.6 Å². The first-order valence-electron chi connectivity index (χ1n) is 7.80. The number of aryl methyl sites for hydroxylation is 1. The van der Waals surface area contributed by atoms with Crippen molar-refractivity contribution in [2.75, 3.05) is 10.6 Å². The van der Waals surface area contributed by atoms with Gasteiger partial charge in [-0.3, -0.25) is 4.79 Å². The fourth-order valence-corrected chi connectivity index (χ4v) is 2.30. The maximum absolute atomic E-state index is 12.9. The smallest absolute Gasteiger partial charge is 0.256 e. The zero-order valence-electron chi connectivity index (χ0n) is 13.7. The normalized spacial score (nSPS) is 10.3. The van der Waals surface area contributed by atoms with E-state index >= 15 is 0 Å². The summed E-state index contributed by atoms with van der Waals surface area (Å²) in [6.07, 6.45) is 0. The summed E-state index contributed by atoms with van der Waals surface area (Å²) in [5, 5.41) is 13.8. The predicted molar refractivity (Wildman–Crippen MR) is 94.9 cm³/mol. The van der Waals surface area contributed by atoms with Gasteiger partial charge in [0, 0.05) is 12.1 Å². The van der Waals surface area contributed by atoms with Crippen LogP contribution in [-0.4, -0.2) is 16.1 Å². The summed E-state index contributed by atoms with van der Waals surface area (Å²) in [7, 11) is 0. The Bertz CT molecular complexity index is 863. The molecule has 0 aliphatic carbocycles. The van der Waals surface area contributed by atoms with Gasteiger partial charge in [-0.1, -0.05) is 29.8 Å². The minimum atomic E-state index is -0.389. The SMILES string of the molecule is Cc1cccc(CNc2ccc(NC(=O)c3ccc(F)cc3)nn2)c1. The Morgan fingerprint density at radius 3 is 2.40 bits per heavy atom. The van der Waals surface area contributed by atoms with Gasteiger partial charge >= 0.3 is 0 Å². The second-order valence-corrected chi connectivity index (χ2v) is 5.61. The number of amides is 1. The van der Waals surface area contributed by atoms with E-state index in [4.69, 9.17) is 0 Å². The number of benzene rings is 2. The number of anilines is 2. The van der Waals surface area contributed by atoms with E-state index in [0.717, 1.165) is 5.56 Å². The highest BCUT2D eigenvalue weighted by atomic mass is 19.1. The van der Waals surface area contributed by atoms with E-state index in [9.17, 15) is 9.18 Å². The molecule has 0 spiro atoms. The summed E-state index contributed by atoms with van der Waals surface area (Å²) in [6.45, 7) is 2.68. The quantitative estimate of drug-likeness (QED) is 0.744. The highest BCUT2D eigenvalue weighted by Crippen LogP contribution is 2.11. The summed E-state index contributed by atoms with van der Waals surface area (Å²) in [6, 6.07) is 16.9. The molecule has 0 aliphatic rings. The highest BCUT2D eigenvalue weighted by molar-refractivity contribution is 6.03. The zero-order valence-corrected chi connectivity index (χ0v) is 13.7. The Kier molecular flexibility index (Phi) is 4.99. The van der Waals surface area contributed by atoms with Gasteiger partial charge in [0.15, 0.2) is 5.82 Å². The van der Waals surface area contributed by atoms with Gasteiger partial charge in [0.2, 0.25) is 0 Å². The van der Waals surface area contributed by atoms with E-state index in [0.29, 0.717) is 23.7 Å². The molecular formula is C19H17FN4O. The number of nitrogens with zero attached hydrogens (tertiary/aromatic N) is 2. The molecule has 25 heavy (non-hydrogen) atoms. The topological polar surface area (TPSA) is 66.9 Å². The second kappa shape index (κ2) is 7.53. The molecule has 5 nitrogen and oxygen atoms in total. The summed E-state index contributed by atoms with van der Waals surface area (Å²) in [4.78, 5) is 12.0. The molecule has 0 fully saturated rings. The van der Waals surface area contributed by atoms with Crippen molar-refractivity contribution in [1.82, 2.24) is 10.2 Å². The third-order valence-electron chi connectivity index (χ3n) is 3.57. The van der Waals surface area contributed by atoms with E-state index in [-0.39, 0.29) is 11.7 Å². The Morgan fingerprint density at radius 1 is 1.00 bits per heavy atom. The van der Waals surface area contributed by atoms with Gasteiger partial charge < -0.3 is 10.6 Å². The Morgan fingerprint density at radius 2 is 1.72 bits per heavy atom. The minimum Gasteiger partial charge on any atom is -0.365 e. The van der Waals surface area contributed by atoms with E-state index in [1.165, 1.54) is 29.8 Å². The molecular weight excluding hydrogens is 319 g/mol. The van der Waals surface area contributed by atoms with Gasteiger partial charge in [0.1, 0.15) is 11.6 Å². The average Bonchev–Trinajstić information content (AvgIpc) is 2.62.